The predicted molar refractivity (Wildman–Crippen MR) is 53.5 cm³/mol. The van der Waals surface area contributed by atoms with E-state index in [0.29, 0.717) is 4.88 Å². The molecule has 1 N–H and O–H groups in total. The maximum atomic E-state index is 11.2. The summed E-state index contributed by atoms with van der Waals surface area (Å²) in [6, 6.07) is 0. The molecule has 0 fully saturated rings. The molecule has 0 aliphatic carbocycles. The summed E-state index contributed by atoms with van der Waals surface area (Å²) in [7, 11) is 0. The van der Waals surface area contributed by atoms with Crippen molar-refractivity contribution in [1.82, 2.24) is 4.98 Å². The molecule has 14 heavy (non-hydrogen) atoms. The first-order valence-electron chi connectivity index (χ1n) is 3.50. The largest absolute Gasteiger partial charge is 0.481 e. The van der Waals surface area contributed by atoms with Crippen molar-refractivity contribution in [3.05, 3.63) is 15.0 Å². The molecule has 0 aromatic carbocycles. The van der Waals surface area contributed by atoms with Crippen LogP contribution in [0.25, 0.3) is 0 Å². The van der Waals surface area contributed by atoms with Gasteiger partial charge in [-0.3, -0.25) is 9.59 Å². The van der Waals surface area contributed by atoms with Crippen molar-refractivity contribution in [2.45, 2.75) is 6.42 Å². The van der Waals surface area contributed by atoms with Crippen LogP contribution < -0.4 is 0 Å². The average Bonchev–Trinajstić information content (AvgIpc) is 2.44. The molecule has 0 bridgehead atoms. The van der Waals surface area contributed by atoms with Gasteiger partial charge in [0.2, 0.25) is 0 Å². The Balaban J connectivity index is 3.02. The SMILES string of the molecule is O=C(O)Cc1sc(Cl)nc1C(=O)CCl. The van der Waals surface area contributed by atoms with E-state index >= 15 is 0 Å². The number of carboxylic acids is 1. The number of thiazole rings is 1. The van der Waals surface area contributed by atoms with Crippen LogP contribution in [0.15, 0.2) is 0 Å². The maximum absolute atomic E-state index is 11.2. The number of carbonyl (C=O) groups is 2. The minimum atomic E-state index is -1.03. The summed E-state index contributed by atoms with van der Waals surface area (Å²) in [5.41, 5.74) is 0.0670. The lowest BCUT2D eigenvalue weighted by Crippen LogP contribution is -2.07. The molecule has 0 saturated carbocycles. The van der Waals surface area contributed by atoms with Crippen LogP contribution >= 0.6 is 34.5 Å². The standard InChI is InChI=1S/C7H5Cl2NO3S/c8-2-3(11)6-4(1-5(12)13)14-7(9)10-6/h1-2H2,(H,12,13). The number of carbonyl (C=O) groups excluding carboxylic acids is 1. The van der Waals surface area contributed by atoms with Gasteiger partial charge in [-0.2, -0.15) is 0 Å². The zero-order chi connectivity index (χ0) is 10.7. The Hall–Kier alpha value is -0.650. The second kappa shape index (κ2) is 4.72. The number of carboxylic acid groups (broad SMARTS) is 1. The van der Waals surface area contributed by atoms with Gasteiger partial charge in [0, 0.05) is 4.88 Å². The fourth-order valence-electron chi connectivity index (χ4n) is 0.861. The molecule has 0 aliphatic heterocycles. The molecule has 0 atom stereocenters. The van der Waals surface area contributed by atoms with Crippen LogP contribution in [0, 0.1) is 0 Å². The predicted octanol–water partition coefficient (Wildman–Crippen LogP) is 1.85. The van der Waals surface area contributed by atoms with Crippen LogP contribution in [0.2, 0.25) is 4.47 Å². The first-order valence-corrected chi connectivity index (χ1v) is 5.23. The Morgan fingerprint density at radius 2 is 2.14 bits per heavy atom. The van der Waals surface area contributed by atoms with Gasteiger partial charge in [0.05, 0.1) is 12.3 Å². The van der Waals surface area contributed by atoms with Crippen LogP contribution in [-0.2, 0) is 11.2 Å². The molecule has 0 aliphatic rings. The lowest BCUT2D eigenvalue weighted by atomic mass is 10.2. The van der Waals surface area contributed by atoms with Crippen LogP contribution in [-0.4, -0.2) is 27.7 Å². The number of hydrogen-bond acceptors (Lipinski definition) is 4. The van der Waals surface area contributed by atoms with Gasteiger partial charge >= 0.3 is 5.97 Å². The van der Waals surface area contributed by atoms with E-state index in [-0.39, 0.29) is 22.5 Å². The first kappa shape index (κ1) is 11.4. The van der Waals surface area contributed by atoms with E-state index in [1.54, 1.807) is 0 Å². The zero-order valence-corrected chi connectivity index (χ0v) is 9.12. The van der Waals surface area contributed by atoms with Gasteiger partial charge in [0.25, 0.3) is 0 Å². The third-order valence-corrected chi connectivity index (χ3v) is 2.77. The molecule has 0 saturated heterocycles. The van der Waals surface area contributed by atoms with Gasteiger partial charge in [-0.15, -0.1) is 22.9 Å². The first-order chi connectivity index (χ1) is 6.54. The summed E-state index contributed by atoms with van der Waals surface area (Å²) < 4.78 is 0.148. The smallest absolute Gasteiger partial charge is 0.308 e. The normalized spacial score (nSPS) is 10.1. The molecule has 0 amide bonds. The molecule has 0 unspecified atom stereocenters. The van der Waals surface area contributed by atoms with Crippen LogP contribution in [0.1, 0.15) is 15.4 Å². The number of aromatic nitrogens is 1. The summed E-state index contributed by atoms with van der Waals surface area (Å²) in [4.78, 5) is 25.7. The highest BCUT2D eigenvalue weighted by Gasteiger charge is 2.18. The van der Waals surface area contributed by atoms with E-state index in [4.69, 9.17) is 28.3 Å². The Morgan fingerprint density at radius 1 is 1.50 bits per heavy atom. The minimum Gasteiger partial charge on any atom is -0.481 e. The molecule has 0 spiro atoms. The van der Waals surface area contributed by atoms with Gasteiger partial charge in [-0.1, -0.05) is 11.6 Å². The Morgan fingerprint density at radius 3 is 2.64 bits per heavy atom. The molecule has 1 aromatic rings. The molecule has 7 heteroatoms. The summed E-state index contributed by atoms with van der Waals surface area (Å²) in [5.74, 6) is -1.67. The van der Waals surface area contributed by atoms with E-state index in [1.807, 2.05) is 0 Å². The van der Waals surface area contributed by atoms with Gasteiger partial charge < -0.3 is 5.11 Å². The van der Waals surface area contributed by atoms with E-state index in [2.05, 4.69) is 4.98 Å². The maximum Gasteiger partial charge on any atom is 0.308 e. The number of Topliss-reactive ketones (excluding diaryl/α,β-unsaturated/α-hetero) is 1. The molecule has 76 valence electrons. The van der Waals surface area contributed by atoms with Crippen LogP contribution in [0.5, 0.6) is 0 Å². The quantitative estimate of drug-likeness (QED) is 0.657. The minimum absolute atomic E-state index is 0.0670. The van der Waals surface area contributed by atoms with Gasteiger partial charge in [-0.05, 0) is 0 Å². The fraction of sp³-hybridized carbons (Fsp3) is 0.286. The molecular weight excluding hydrogens is 249 g/mol. The molecule has 1 heterocycles. The van der Waals surface area contributed by atoms with Crippen molar-refractivity contribution in [3.63, 3.8) is 0 Å². The van der Waals surface area contributed by atoms with Crippen molar-refractivity contribution < 1.29 is 14.7 Å². The summed E-state index contributed by atoms with van der Waals surface area (Å²) in [5, 5.41) is 8.55. The number of ketones is 1. The summed E-state index contributed by atoms with van der Waals surface area (Å²) >= 11 is 11.9. The van der Waals surface area contributed by atoms with E-state index in [0.717, 1.165) is 11.3 Å². The van der Waals surface area contributed by atoms with Crippen LogP contribution in [0.3, 0.4) is 0 Å². The summed E-state index contributed by atoms with van der Waals surface area (Å²) in [6.45, 7) is 0. The average molecular weight is 254 g/mol. The Bertz CT molecular complexity index is 377. The number of alkyl halides is 1. The number of rotatable bonds is 4. The second-order valence-corrected chi connectivity index (χ2v) is 4.30. The number of aliphatic carboxylic acids is 1. The van der Waals surface area contributed by atoms with Crippen molar-refractivity contribution in [2.75, 3.05) is 5.88 Å². The van der Waals surface area contributed by atoms with Crippen molar-refractivity contribution >= 4 is 46.3 Å². The zero-order valence-electron chi connectivity index (χ0n) is 6.79. The molecule has 1 rings (SSSR count). The lowest BCUT2D eigenvalue weighted by Gasteiger charge is -1.94. The van der Waals surface area contributed by atoms with Crippen molar-refractivity contribution in [1.29, 1.82) is 0 Å². The number of halogens is 2. The highest BCUT2D eigenvalue weighted by atomic mass is 35.5. The highest BCUT2D eigenvalue weighted by molar-refractivity contribution is 7.16. The van der Waals surface area contributed by atoms with Gasteiger partial charge in [-0.25, -0.2) is 4.98 Å². The third kappa shape index (κ3) is 2.67. The van der Waals surface area contributed by atoms with E-state index < -0.39 is 11.8 Å². The summed E-state index contributed by atoms with van der Waals surface area (Å²) in [6.07, 6.45) is -0.262. The Kier molecular flexibility index (Phi) is 3.86. The number of nitrogens with zero attached hydrogens (tertiary/aromatic N) is 1. The fourth-order valence-corrected chi connectivity index (χ4v) is 2.14. The third-order valence-electron chi connectivity index (χ3n) is 1.37. The highest BCUT2D eigenvalue weighted by Crippen LogP contribution is 2.24. The molecule has 4 nitrogen and oxygen atoms in total. The van der Waals surface area contributed by atoms with Gasteiger partial charge in [0.1, 0.15) is 5.69 Å². The second-order valence-electron chi connectivity index (χ2n) is 2.37. The van der Waals surface area contributed by atoms with Crippen molar-refractivity contribution in [3.8, 4) is 0 Å². The monoisotopic (exact) mass is 253 g/mol. The topological polar surface area (TPSA) is 67.3 Å². The van der Waals surface area contributed by atoms with E-state index in [1.165, 1.54) is 0 Å². The number of hydrogen-bond donors (Lipinski definition) is 1. The molecule has 1 aromatic heterocycles. The van der Waals surface area contributed by atoms with E-state index in [9.17, 15) is 9.59 Å². The van der Waals surface area contributed by atoms with Crippen LogP contribution in [0.4, 0.5) is 0 Å². The van der Waals surface area contributed by atoms with Gasteiger partial charge in [0.15, 0.2) is 10.3 Å². The molecule has 0 radical (unpaired) electrons. The Labute approximate surface area is 93.5 Å². The molecular formula is C7H5Cl2NO3S. The lowest BCUT2D eigenvalue weighted by molar-refractivity contribution is -0.136. The van der Waals surface area contributed by atoms with Crippen molar-refractivity contribution in [2.24, 2.45) is 0 Å².